The quantitative estimate of drug-likeness (QED) is 0.171. The second kappa shape index (κ2) is 8.24. The van der Waals surface area contributed by atoms with E-state index in [-0.39, 0.29) is 40.8 Å². The lowest BCUT2D eigenvalue weighted by Crippen LogP contribution is -2.56. The molecule has 7 nitrogen and oxygen atoms in total. The van der Waals surface area contributed by atoms with Gasteiger partial charge >= 0.3 is 0 Å². The summed E-state index contributed by atoms with van der Waals surface area (Å²) in [7, 11) is 0. The number of fused-ring (bicyclic) bond motifs is 5. The van der Waals surface area contributed by atoms with Gasteiger partial charge in [0.25, 0.3) is 5.79 Å². The molecule has 0 radical (unpaired) electrons. The van der Waals surface area contributed by atoms with E-state index in [1.165, 1.54) is 5.57 Å². The first-order valence-corrected chi connectivity index (χ1v) is 13.6. The van der Waals surface area contributed by atoms with Gasteiger partial charge in [0.2, 0.25) is 0 Å². The van der Waals surface area contributed by atoms with E-state index in [1.807, 2.05) is 18.2 Å². The lowest BCUT2D eigenvalue weighted by atomic mass is 9.61. The van der Waals surface area contributed by atoms with E-state index in [1.54, 1.807) is 60.7 Å². The Kier molecular flexibility index (Phi) is 4.78. The topological polar surface area (TPSA) is 113 Å². The molecule has 2 aliphatic heterocycles. The molecular weight excluding hydrogens is 520 g/mol. The molecule has 3 heterocycles. The minimum atomic E-state index is -1.31. The van der Waals surface area contributed by atoms with Crippen LogP contribution in [-0.4, -0.2) is 20.4 Å². The Labute approximate surface area is 235 Å². The van der Waals surface area contributed by atoms with E-state index in [2.05, 4.69) is 13.0 Å². The van der Waals surface area contributed by atoms with Crippen LogP contribution >= 0.6 is 0 Å². The van der Waals surface area contributed by atoms with Crippen molar-refractivity contribution in [1.29, 1.82) is 0 Å². The van der Waals surface area contributed by atoms with Gasteiger partial charge in [0.15, 0.2) is 0 Å². The molecule has 5 aromatic rings. The molecule has 0 saturated heterocycles. The minimum Gasteiger partial charge on any atom is -0.508 e. The summed E-state index contributed by atoms with van der Waals surface area (Å²) >= 11 is 0. The maximum Gasteiger partial charge on any atom is 0.282 e. The highest BCUT2D eigenvalue weighted by Crippen LogP contribution is 2.64. The van der Waals surface area contributed by atoms with Gasteiger partial charge in [-0.3, -0.25) is 0 Å². The van der Waals surface area contributed by atoms with Crippen LogP contribution in [0.4, 0.5) is 0 Å². The van der Waals surface area contributed by atoms with Crippen molar-refractivity contribution in [2.75, 3.05) is 0 Å². The smallest absolute Gasteiger partial charge is 0.282 e. The lowest BCUT2D eigenvalue weighted by molar-refractivity contribution is -0.197. The van der Waals surface area contributed by atoms with Crippen LogP contribution in [0.3, 0.4) is 0 Å². The Morgan fingerprint density at radius 1 is 0.756 bits per heavy atom. The van der Waals surface area contributed by atoms with Gasteiger partial charge in [-0.25, -0.2) is 0 Å². The molecule has 4 aromatic carbocycles. The van der Waals surface area contributed by atoms with Crippen LogP contribution in [0.2, 0.25) is 0 Å². The third kappa shape index (κ3) is 3.45. The number of ether oxygens (including phenoxy) is 2. The largest absolute Gasteiger partial charge is 0.508 e. The van der Waals surface area contributed by atoms with Crippen molar-refractivity contribution in [1.82, 2.24) is 0 Å². The van der Waals surface area contributed by atoms with Crippen molar-refractivity contribution in [2.24, 2.45) is 5.92 Å². The Bertz CT molecular complexity index is 1900. The van der Waals surface area contributed by atoms with Crippen LogP contribution in [0.25, 0.3) is 22.3 Å². The average Bonchev–Trinajstić information content (AvgIpc) is 3.36. The fourth-order valence-electron chi connectivity index (χ4n) is 7.02. The van der Waals surface area contributed by atoms with Gasteiger partial charge < -0.3 is 34.3 Å². The molecule has 7 heteroatoms. The SMILES string of the molecule is CC1=CC2c3ccc(O)cc3OC3(c4ccc(O)cc4)Oc4cc(-c5cc6ccc(O)cc6o5)cc(O)c4C(C1)C23. The predicted molar refractivity (Wildman–Crippen MR) is 151 cm³/mol. The summed E-state index contributed by atoms with van der Waals surface area (Å²) in [5, 5.41) is 42.7. The highest BCUT2D eigenvalue weighted by atomic mass is 16.7. The molecule has 0 fully saturated rings. The standard InChI is InChI=1S/C34H26O7/c1-17-10-25-24-9-8-23(37)16-30(24)40-34(20-3-6-21(35)7-4-20)33(25)26(11-17)32-27(38)12-19(14-31(32)41-34)28-13-18-2-5-22(36)15-29(18)39-28/h2-10,12-16,25-26,33,35-38H,11H2,1H3. The number of benzene rings is 4. The third-order valence-corrected chi connectivity index (χ3v) is 8.69. The van der Waals surface area contributed by atoms with Gasteiger partial charge in [-0.1, -0.05) is 17.7 Å². The lowest BCUT2D eigenvalue weighted by Gasteiger charge is -2.55. The number of phenolic OH excluding ortho intramolecular Hbond substituents is 4. The third-order valence-electron chi connectivity index (χ3n) is 8.69. The number of furan rings is 1. The van der Waals surface area contributed by atoms with Gasteiger partial charge in [0.1, 0.15) is 45.8 Å². The van der Waals surface area contributed by atoms with Crippen molar-refractivity contribution in [3.05, 3.63) is 107 Å². The van der Waals surface area contributed by atoms with Gasteiger partial charge in [-0.2, -0.15) is 0 Å². The summed E-state index contributed by atoms with van der Waals surface area (Å²) in [4.78, 5) is 0. The highest BCUT2D eigenvalue weighted by molar-refractivity contribution is 5.84. The zero-order valence-corrected chi connectivity index (χ0v) is 22.0. The van der Waals surface area contributed by atoms with Crippen LogP contribution in [0, 0.1) is 5.92 Å². The Morgan fingerprint density at radius 3 is 2.32 bits per heavy atom. The summed E-state index contributed by atoms with van der Waals surface area (Å²) in [5.41, 5.74) is 4.70. The van der Waals surface area contributed by atoms with Gasteiger partial charge in [0, 0.05) is 51.6 Å². The molecule has 1 aromatic heterocycles. The van der Waals surface area contributed by atoms with Crippen molar-refractivity contribution >= 4 is 11.0 Å². The van der Waals surface area contributed by atoms with Crippen molar-refractivity contribution in [3.63, 3.8) is 0 Å². The van der Waals surface area contributed by atoms with Gasteiger partial charge in [-0.05, 0) is 74.0 Å². The number of phenols is 4. The Balaban J connectivity index is 1.36. The van der Waals surface area contributed by atoms with E-state index < -0.39 is 5.79 Å². The minimum absolute atomic E-state index is 0.0863. The second-order valence-electron chi connectivity index (χ2n) is 11.3. The number of aromatic hydroxyl groups is 4. The summed E-state index contributed by atoms with van der Waals surface area (Å²) in [6.45, 7) is 2.10. The van der Waals surface area contributed by atoms with E-state index >= 15 is 0 Å². The first-order valence-electron chi connectivity index (χ1n) is 13.6. The molecule has 0 saturated carbocycles. The monoisotopic (exact) mass is 546 g/mol. The zero-order chi connectivity index (χ0) is 28.0. The predicted octanol–water partition coefficient (Wildman–Crippen LogP) is 7.39. The van der Waals surface area contributed by atoms with Crippen LogP contribution in [0.15, 0.2) is 94.9 Å². The van der Waals surface area contributed by atoms with Gasteiger partial charge in [0.05, 0.1) is 5.92 Å². The first-order chi connectivity index (χ1) is 19.8. The number of allylic oxidation sites excluding steroid dienone is 2. The molecule has 0 spiro atoms. The molecule has 4 N–H and O–H groups in total. The average molecular weight is 547 g/mol. The summed E-state index contributed by atoms with van der Waals surface area (Å²) < 4.78 is 19.7. The fraction of sp³-hybridized carbons (Fsp3) is 0.176. The van der Waals surface area contributed by atoms with Crippen molar-refractivity contribution < 1.29 is 34.3 Å². The Morgan fingerprint density at radius 2 is 1.49 bits per heavy atom. The van der Waals surface area contributed by atoms with Crippen LogP contribution in [0.1, 0.15) is 41.9 Å². The zero-order valence-electron chi connectivity index (χ0n) is 22.0. The molecular formula is C34H26O7. The van der Waals surface area contributed by atoms with E-state index in [4.69, 9.17) is 13.9 Å². The normalized spacial score (nSPS) is 23.9. The molecule has 1 aliphatic carbocycles. The summed E-state index contributed by atoms with van der Waals surface area (Å²) in [5.74, 6) is 0.119. The molecule has 0 amide bonds. The maximum absolute atomic E-state index is 11.5. The molecule has 4 unspecified atom stereocenters. The van der Waals surface area contributed by atoms with E-state index in [0.29, 0.717) is 46.0 Å². The second-order valence-corrected chi connectivity index (χ2v) is 11.3. The van der Waals surface area contributed by atoms with Crippen LogP contribution in [-0.2, 0) is 5.79 Å². The molecule has 4 atom stereocenters. The summed E-state index contributed by atoms with van der Waals surface area (Å²) in [6.07, 6.45) is 2.93. The number of hydrogen-bond donors (Lipinski definition) is 4. The first kappa shape index (κ1) is 23.8. The van der Waals surface area contributed by atoms with Crippen LogP contribution in [0.5, 0.6) is 34.5 Å². The van der Waals surface area contributed by atoms with Gasteiger partial charge in [-0.15, -0.1) is 0 Å². The maximum atomic E-state index is 11.5. The number of hydrogen-bond acceptors (Lipinski definition) is 7. The van der Waals surface area contributed by atoms with E-state index in [9.17, 15) is 20.4 Å². The highest BCUT2D eigenvalue weighted by Gasteiger charge is 2.60. The van der Waals surface area contributed by atoms with Crippen LogP contribution < -0.4 is 9.47 Å². The Hall–Kier alpha value is -5.04. The molecule has 3 aliphatic rings. The number of rotatable bonds is 2. The molecule has 204 valence electrons. The van der Waals surface area contributed by atoms with Crippen molar-refractivity contribution in [3.8, 4) is 45.8 Å². The molecule has 41 heavy (non-hydrogen) atoms. The summed E-state index contributed by atoms with van der Waals surface area (Å²) in [6, 6.07) is 22.3. The fourth-order valence-corrected chi connectivity index (χ4v) is 7.02. The molecule has 8 rings (SSSR count). The van der Waals surface area contributed by atoms with E-state index in [0.717, 1.165) is 10.9 Å². The molecule has 0 bridgehead atoms. The van der Waals surface area contributed by atoms with Crippen molar-refractivity contribution in [2.45, 2.75) is 31.0 Å².